The van der Waals surface area contributed by atoms with E-state index in [1.165, 1.54) is 31.4 Å². The molecule has 0 aromatic heterocycles. The Balaban J connectivity index is 1.03. The van der Waals surface area contributed by atoms with Crippen LogP contribution in [0.5, 0.6) is 0 Å². The lowest BCUT2D eigenvalue weighted by Crippen LogP contribution is -2.53. The standard InChI is InChI=1S/C51H68N6O7/c1-3-5-7-9-10-11-19-29-64-51(63)56-45(49(61)52-28-18-8-6-4-2)32-53-46(58)37-24-26-38(27-25-37)50(62)57-33-41(47(59)54-43-30-39(43)35-20-14-12-15-21-35)42(34-57)48(60)55-44-31-40(44)36-22-16-13-17-23-36/h12-17,20-27,39-45H,3-11,18-19,28-34H2,1-2H3,(H,52,61)(H,53,58)(H,54,59)(H,55,60)(H,56,63)/t39-,40-,41-,42-,43+,44+,45+/m1/s1. The van der Waals surface area contributed by atoms with Gasteiger partial charge in [-0.1, -0.05) is 132 Å². The highest BCUT2D eigenvalue weighted by atomic mass is 16.5. The van der Waals surface area contributed by atoms with Gasteiger partial charge >= 0.3 is 6.09 Å². The van der Waals surface area contributed by atoms with Gasteiger partial charge in [-0.3, -0.25) is 24.0 Å². The van der Waals surface area contributed by atoms with Crippen LogP contribution in [0.3, 0.4) is 0 Å². The lowest BCUT2D eigenvalue weighted by Gasteiger charge is -2.19. The zero-order valence-electron chi connectivity index (χ0n) is 37.7. The lowest BCUT2D eigenvalue weighted by atomic mass is 9.94. The van der Waals surface area contributed by atoms with Crippen molar-refractivity contribution in [3.8, 4) is 0 Å². The zero-order valence-corrected chi connectivity index (χ0v) is 37.7. The van der Waals surface area contributed by atoms with Gasteiger partial charge < -0.3 is 36.2 Å². The molecule has 6 amide bonds. The van der Waals surface area contributed by atoms with E-state index >= 15 is 0 Å². The Kier molecular flexibility index (Phi) is 18.2. The first kappa shape index (κ1) is 47.8. The molecule has 3 aromatic carbocycles. The van der Waals surface area contributed by atoms with Crippen LogP contribution in [-0.4, -0.2) is 91.4 Å². The van der Waals surface area contributed by atoms with Crippen molar-refractivity contribution in [1.29, 1.82) is 0 Å². The van der Waals surface area contributed by atoms with E-state index in [1.54, 1.807) is 17.0 Å². The summed E-state index contributed by atoms with van der Waals surface area (Å²) >= 11 is 0. The van der Waals surface area contributed by atoms with Crippen LogP contribution in [0.4, 0.5) is 4.79 Å². The third-order valence-corrected chi connectivity index (χ3v) is 12.8. The third-order valence-electron chi connectivity index (χ3n) is 12.8. The van der Waals surface area contributed by atoms with Crippen LogP contribution in [0.15, 0.2) is 84.9 Å². The maximum absolute atomic E-state index is 14.0. The molecule has 0 spiro atoms. The van der Waals surface area contributed by atoms with Crippen molar-refractivity contribution in [2.75, 3.05) is 32.8 Å². The number of unbranched alkanes of at least 4 members (excludes halogenated alkanes) is 9. The smallest absolute Gasteiger partial charge is 0.407 e. The summed E-state index contributed by atoms with van der Waals surface area (Å²) in [5, 5.41) is 14.6. The van der Waals surface area contributed by atoms with Gasteiger partial charge in [0.15, 0.2) is 0 Å². The van der Waals surface area contributed by atoms with Gasteiger partial charge in [-0.05, 0) is 61.1 Å². The molecule has 0 radical (unpaired) electrons. The predicted octanol–water partition coefficient (Wildman–Crippen LogP) is 6.99. The van der Waals surface area contributed by atoms with Crippen molar-refractivity contribution in [2.45, 2.75) is 127 Å². The Morgan fingerprint density at radius 1 is 0.609 bits per heavy atom. The van der Waals surface area contributed by atoms with E-state index in [0.717, 1.165) is 75.3 Å². The van der Waals surface area contributed by atoms with E-state index in [4.69, 9.17) is 4.74 Å². The number of ether oxygens (including phenoxy) is 1. The van der Waals surface area contributed by atoms with Gasteiger partial charge in [0.2, 0.25) is 17.7 Å². The summed E-state index contributed by atoms with van der Waals surface area (Å²) in [7, 11) is 0. The van der Waals surface area contributed by atoms with E-state index in [1.807, 2.05) is 36.4 Å². The summed E-state index contributed by atoms with van der Waals surface area (Å²) in [5.74, 6) is -2.76. The van der Waals surface area contributed by atoms with E-state index in [-0.39, 0.29) is 73.4 Å². The largest absolute Gasteiger partial charge is 0.450 e. The summed E-state index contributed by atoms with van der Waals surface area (Å²) < 4.78 is 5.37. The van der Waals surface area contributed by atoms with Gasteiger partial charge in [-0.2, -0.15) is 0 Å². The summed E-state index contributed by atoms with van der Waals surface area (Å²) in [6.45, 7) is 4.97. The number of alkyl carbamates (subject to hydrolysis) is 1. The minimum absolute atomic E-state index is 0.0301. The average Bonchev–Trinajstić information content (AvgIpc) is 4.23. The topological polar surface area (TPSA) is 175 Å². The van der Waals surface area contributed by atoms with E-state index in [0.29, 0.717) is 12.1 Å². The number of nitrogens with one attached hydrogen (secondary N) is 5. The molecule has 2 saturated carbocycles. The second-order valence-corrected chi connectivity index (χ2v) is 17.8. The van der Waals surface area contributed by atoms with Crippen molar-refractivity contribution >= 4 is 35.6 Å². The fourth-order valence-corrected chi connectivity index (χ4v) is 8.67. The molecule has 3 fully saturated rings. The van der Waals surface area contributed by atoms with Gasteiger partial charge in [0.1, 0.15) is 6.04 Å². The maximum atomic E-state index is 14.0. The van der Waals surface area contributed by atoms with Gasteiger partial charge in [0.25, 0.3) is 11.8 Å². The Labute approximate surface area is 378 Å². The Morgan fingerprint density at radius 2 is 1.11 bits per heavy atom. The minimum Gasteiger partial charge on any atom is -0.450 e. The summed E-state index contributed by atoms with van der Waals surface area (Å²) in [6.07, 6.45) is 12.4. The van der Waals surface area contributed by atoms with Crippen LogP contribution in [-0.2, 0) is 19.1 Å². The molecule has 344 valence electrons. The molecule has 6 rings (SSSR count). The number of carbonyl (C=O) groups is 6. The highest BCUT2D eigenvalue weighted by molar-refractivity contribution is 5.99. The number of benzene rings is 3. The molecule has 13 nitrogen and oxygen atoms in total. The number of hydrogen-bond donors (Lipinski definition) is 5. The Hall–Kier alpha value is -5.72. The lowest BCUT2D eigenvalue weighted by molar-refractivity contribution is -0.133. The molecule has 0 unspecified atom stereocenters. The van der Waals surface area contributed by atoms with Crippen LogP contribution in [0.25, 0.3) is 0 Å². The molecule has 1 heterocycles. The number of carbonyl (C=O) groups excluding carboxylic acids is 6. The summed E-state index contributed by atoms with van der Waals surface area (Å²) in [6, 6.07) is 25.1. The molecule has 13 heteroatoms. The van der Waals surface area contributed by atoms with Gasteiger partial charge in [0, 0.05) is 61.2 Å². The zero-order chi connectivity index (χ0) is 45.3. The van der Waals surface area contributed by atoms with Gasteiger partial charge in [-0.15, -0.1) is 0 Å². The SMILES string of the molecule is CCCCCCCCCOC(=O)N[C@@H](CNC(=O)c1ccc(C(=O)N2C[C@@H](C(=O)N[C@H]3C[C@@H]3c3ccccc3)[C@H](C(=O)N[C@H]3C[C@@H]3c3ccccc3)C2)cc1)C(=O)NCCCCCC. The summed E-state index contributed by atoms with van der Waals surface area (Å²) in [5.41, 5.74) is 2.88. The fourth-order valence-electron chi connectivity index (χ4n) is 8.67. The van der Waals surface area contributed by atoms with E-state index in [2.05, 4.69) is 64.7 Å². The normalized spacial score (nSPS) is 21.2. The first-order valence-electron chi connectivity index (χ1n) is 23.8. The third kappa shape index (κ3) is 14.1. The molecule has 2 aliphatic carbocycles. The van der Waals surface area contributed by atoms with Crippen LogP contribution in [0.2, 0.25) is 0 Å². The van der Waals surface area contributed by atoms with Crippen LogP contribution in [0.1, 0.15) is 141 Å². The second-order valence-electron chi connectivity index (χ2n) is 17.8. The predicted molar refractivity (Wildman–Crippen MR) is 247 cm³/mol. The Bertz CT molecular complexity index is 1920. The highest BCUT2D eigenvalue weighted by Crippen LogP contribution is 2.42. The average molecular weight is 877 g/mol. The number of amides is 6. The molecule has 1 aliphatic heterocycles. The molecular weight excluding hydrogens is 809 g/mol. The van der Waals surface area contributed by atoms with Gasteiger partial charge in [-0.25, -0.2) is 4.79 Å². The van der Waals surface area contributed by atoms with E-state index < -0.39 is 35.8 Å². The fraction of sp³-hybridized carbons (Fsp3) is 0.529. The highest BCUT2D eigenvalue weighted by Gasteiger charge is 2.49. The molecule has 3 aliphatic rings. The molecule has 64 heavy (non-hydrogen) atoms. The van der Waals surface area contributed by atoms with Gasteiger partial charge in [0.05, 0.1) is 18.4 Å². The first-order chi connectivity index (χ1) is 31.2. The van der Waals surface area contributed by atoms with Crippen LogP contribution in [0, 0.1) is 11.8 Å². The quantitative estimate of drug-likeness (QED) is 0.0571. The number of hydrogen-bond acceptors (Lipinski definition) is 7. The summed E-state index contributed by atoms with van der Waals surface area (Å²) in [4.78, 5) is 82.5. The van der Waals surface area contributed by atoms with Crippen molar-refractivity contribution in [3.05, 3.63) is 107 Å². The molecule has 0 bridgehead atoms. The maximum Gasteiger partial charge on any atom is 0.407 e. The van der Waals surface area contributed by atoms with E-state index in [9.17, 15) is 28.8 Å². The monoisotopic (exact) mass is 877 g/mol. The molecule has 7 atom stereocenters. The van der Waals surface area contributed by atoms with Crippen LogP contribution >= 0.6 is 0 Å². The van der Waals surface area contributed by atoms with Crippen molar-refractivity contribution in [1.82, 2.24) is 31.5 Å². The second kappa shape index (κ2) is 24.4. The van der Waals surface area contributed by atoms with Crippen LogP contribution < -0.4 is 26.6 Å². The molecular formula is C51H68N6O7. The first-order valence-corrected chi connectivity index (χ1v) is 23.8. The van der Waals surface area contributed by atoms with Crippen molar-refractivity contribution < 1.29 is 33.5 Å². The number of likely N-dealkylation sites (tertiary alicyclic amines) is 1. The van der Waals surface area contributed by atoms with Crippen molar-refractivity contribution in [3.63, 3.8) is 0 Å². The molecule has 1 saturated heterocycles. The number of nitrogens with zero attached hydrogens (tertiary/aromatic N) is 1. The minimum atomic E-state index is -1.06. The molecule has 3 aromatic rings. The molecule has 5 N–H and O–H groups in total. The van der Waals surface area contributed by atoms with Crippen molar-refractivity contribution in [2.24, 2.45) is 11.8 Å². The number of rotatable bonds is 25. The Morgan fingerprint density at radius 3 is 1.66 bits per heavy atom.